The maximum atomic E-state index is 6.35. The third-order valence-electron chi connectivity index (χ3n) is 5.55. The predicted octanol–water partition coefficient (Wildman–Crippen LogP) is 1.54. The van der Waals surface area contributed by atoms with E-state index in [9.17, 15) is 0 Å². The average Bonchev–Trinajstić information content (AvgIpc) is 2.74. The molecule has 0 aliphatic carbocycles. The van der Waals surface area contributed by atoms with Crippen molar-refractivity contribution in [1.82, 2.24) is 9.80 Å². The van der Waals surface area contributed by atoms with Crippen molar-refractivity contribution < 1.29 is 4.74 Å². The van der Waals surface area contributed by atoms with Crippen LogP contribution in [-0.2, 0) is 4.74 Å². The smallest absolute Gasteiger partial charge is 0.0830 e. The van der Waals surface area contributed by atoms with Gasteiger partial charge < -0.3 is 15.4 Å². The Bertz CT molecular complexity index is 367. The molecular weight excluding hydrogens is 250 g/mol. The second-order valence-electron chi connectivity index (χ2n) is 8.20. The van der Waals surface area contributed by atoms with E-state index in [0.717, 1.165) is 19.5 Å². The van der Waals surface area contributed by atoms with Crippen LogP contribution < -0.4 is 5.73 Å². The Morgan fingerprint density at radius 3 is 2.15 bits per heavy atom. The lowest BCUT2D eigenvalue weighted by Gasteiger charge is -2.46. The molecule has 2 N–H and O–H groups in total. The van der Waals surface area contributed by atoms with Crippen molar-refractivity contribution in [2.24, 2.45) is 11.7 Å². The van der Waals surface area contributed by atoms with Crippen molar-refractivity contribution >= 4 is 0 Å². The molecule has 0 radical (unpaired) electrons. The number of ether oxygens (including phenoxy) is 1. The maximum Gasteiger partial charge on any atom is 0.0830 e. The van der Waals surface area contributed by atoms with Crippen LogP contribution in [0.4, 0.5) is 0 Å². The fourth-order valence-corrected chi connectivity index (χ4v) is 4.65. The SMILES string of the molecule is CC1CN(C2(CN)CC(C)(C)OC2(C)C)CC1N(C)C. The Labute approximate surface area is 124 Å². The summed E-state index contributed by atoms with van der Waals surface area (Å²) in [6.07, 6.45) is 1.01. The lowest BCUT2D eigenvalue weighted by molar-refractivity contribution is -0.101. The van der Waals surface area contributed by atoms with E-state index in [2.05, 4.69) is 58.5 Å². The molecule has 0 bridgehead atoms. The summed E-state index contributed by atoms with van der Waals surface area (Å²) >= 11 is 0. The summed E-state index contributed by atoms with van der Waals surface area (Å²) in [6.45, 7) is 14.0. The van der Waals surface area contributed by atoms with Crippen molar-refractivity contribution in [1.29, 1.82) is 0 Å². The molecule has 2 saturated heterocycles. The lowest BCUT2D eigenvalue weighted by Crippen LogP contribution is -2.63. The van der Waals surface area contributed by atoms with E-state index in [-0.39, 0.29) is 16.7 Å². The molecule has 2 heterocycles. The molecular formula is C16H33N3O. The topological polar surface area (TPSA) is 41.7 Å². The number of likely N-dealkylation sites (N-methyl/N-ethyl adjacent to an activating group) is 1. The molecule has 0 spiro atoms. The quantitative estimate of drug-likeness (QED) is 0.853. The second kappa shape index (κ2) is 4.94. The minimum Gasteiger partial charge on any atom is -0.368 e. The Morgan fingerprint density at radius 2 is 1.80 bits per heavy atom. The number of nitrogens with zero attached hydrogens (tertiary/aromatic N) is 2. The zero-order chi connectivity index (χ0) is 15.3. The van der Waals surface area contributed by atoms with Gasteiger partial charge in [0.15, 0.2) is 0 Å². The van der Waals surface area contributed by atoms with Gasteiger partial charge in [0.1, 0.15) is 0 Å². The van der Waals surface area contributed by atoms with Gasteiger partial charge in [-0.3, -0.25) is 4.90 Å². The number of rotatable bonds is 3. The van der Waals surface area contributed by atoms with Crippen molar-refractivity contribution in [2.45, 2.75) is 63.8 Å². The first-order valence-electron chi connectivity index (χ1n) is 7.86. The van der Waals surface area contributed by atoms with Gasteiger partial charge in [0.25, 0.3) is 0 Å². The minimum atomic E-state index is -0.202. The van der Waals surface area contributed by atoms with Gasteiger partial charge in [-0.05, 0) is 54.1 Å². The van der Waals surface area contributed by atoms with E-state index in [4.69, 9.17) is 10.5 Å². The van der Waals surface area contributed by atoms with Crippen molar-refractivity contribution in [3.63, 3.8) is 0 Å². The number of hydrogen-bond donors (Lipinski definition) is 1. The highest BCUT2D eigenvalue weighted by atomic mass is 16.5. The molecule has 2 fully saturated rings. The van der Waals surface area contributed by atoms with Crippen LogP contribution in [-0.4, -0.2) is 66.3 Å². The van der Waals surface area contributed by atoms with Gasteiger partial charge in [-0.2, -0.15) is 0 Å². The van der Waals surface area contributed by atoms with Gasteiger partial charge in [-0.15, -0.1) is 0 Å². The van der Waals surface area contributed by atoms with E-state index in [1.54, 1.807) is 0 Å². The highest BCUT2D eigenvalue weighted by Crippen LogP contribution is 2.49. The number of likely N-dealkylation sites (tertiary alicyclic amines) is 1. The summed E-state index contributed by atoms with van der Waals surface area (Å²) in [4.78, 5) is 4.96. The Kier molecular flexibility index (Phi) is 4.00. The highest BCUT2D eigenvalue weighted by molar-refractivity contribution is 5.15. The van der Waals surface area contributed by atoms with Crippen LogP contribution in [0, 0.1) is 5.92 Å². The maximum absolute atomic E-state index is 6.35. The standard InChI is InChI=1S/C16H33N3O/c1-12-8-19(9-13(12)18(6)7)16(11-17)10-14(2,3)20-15(16,4)5/h12-13H,8-11,17H2,1-7H3. The Balaban J connectivity index is 2.29. The molecule has 0 aromatic heterocycles. The second-order valence-corrected chi connectivity index (χ2v) is 8.20. The number of nitrogens with two attached hydrogens (primary N) is 1. The Hall–Kier alpha value is -0.160. The van der Waals surface area contributed by atoms with E-state index >= 15 is 0 Å². The molecule has 3 atom stereocenters. The Morgan fingerprint density at radius 1 is 1.20 bits per heavy atom. The van der Waals surface area contributed by atoms with Crippen molar-refractivity contribution in [2.75, 3.05) is 33.7 Å². The summed E-state index contributed by atoms with van der Waals surface area (Å²) in [5.74, 6) is 0.674. The molecule has 118 valence electrons. The fourth-order valence-electron chi connectivity index (χ4n) is 4.65. The minimum absolute atomic E-state index is 0.0461. The molecule has 2 aliphatic heterocycles. The molecule has 20 heavy (non-hydrogen) atoms. The predicted molar refractivity (Wildman–Crippen MR) is 83.9 cm³/mol. The van der Waals surface area contributed by atoms with Crippen molar-refractivity contribution in [3.8, 4) is 0 Å². The van der Waals surface area contributed by atoms with E-state index in [0.29, 0.717) is 18.5 Å². The largest absolute Gasteiger partial charge is 0.368 e. The fraction of sp³-hybridized carbons (Fsp3) is 1.00. The molecule has 3 unspecified atom stereocenters. The molecule has 4 nitrogen and oxygen atoms in total. The monoisotopic (exact) mass is 283 g/mol. The van der Waals surface area contributed by atoms with Gasteiger partial charge >= 0.3 is 0 Å². The summed E-state index contributed by atoms with van der Waals surface area (Å²) < 4.78 is 6.35. The van der Waals surface area contributed by atoms with Gasteiger partial charge in [-0.1, -0.05) is 6.92 Å². The average molecular weight is 283 g/mol. The summed E-state index contributed by atoms with van der Waals surface area (Å²) in [5.41, 5.74) is 5.93. The molecule has 0 aromatic rings. The molecule has 2 aliphatic rings. The van der Waals surface area contributed by atoms with Gasteiger partial charge in [-0.25, -0.2) is 0 Å². The number of hydrogen-bond acceptors (Lipinski definition) is 4. The van der Waals surface area contributed by atoms with Gasteiger partial charge in [0, 0.05) is 25.7 Å². The van der Waals surface area contributed by atoms with Crippen LogP contribution in [0.5, 0.6) is 0 Å². The van der Waals surface area contributed by atoms with Gasteiger partial charge in [0.05, 0.1) is 16.7 Å². The van der Waals surface area contributed by atoms with Crippen LogP contribution in [0.3, 0.4) is 0 Å². The zero-order valence-corrected chi connectivity index (χ0v) is 14.4. The highest BCUT2D eigenvalue weighted by Gasteiger charge is 2.60. The summed E-state index contributed by atoms with van der Waals surface area (Å²) in [6, 6.07) is 0.609. The van der Waals surface area contributed by atoms with Crippen LogP contribution >= 0.6 is 0 Å². The normalized spacial score (nSPS) is 40.6. The van der Waals surface area contributed by atoms with E-state index in [1.807, 2.05) is 0 Å². The molecule has 2 rings (SSSR count). The van der Waals surface area contributed by atoms with E-state index in [1.165, 1.54) is 0 Å². The van der Waals surface area contributed by atoms with Crippen LogP contribution in [0.15, 0.2) is 0 Å². The van der Waals surface area contributed by atoms with Crippen LogP contribution in [0.1, 0.15) is 41.0 Å². The van der Waals surface area contributed by atoms with Gasteiger partial charge in [0.2, 0.25) is 0 Å². The molecule has 0 saturated carbocycles. The lowest BCUT2D eigenvalue weighted by atomic mass is 9.77. The van der Waals surface area contributed by atoms with Crippen molar-refractivity contribution in [3.05, 3.63) is 0 Å². The summed E-state index contributed by atoms with van der Waals surface area (Å²) in [5, 5.41) is 0. The van der Waals surface area contributed by atoms with Crippen LogP contribution in [0.25, 0.3) is 0 Å². The van der Waals surface area contributed by atoms with Crippen LogP contribution in [0.2, 0.25) is 0 Å². The molecule has 0 aromatic carbocycles. The molecule has 0 amide bonds. The van der Waals surface area contributed by atoms with E-state index < -0.39 is 0 Å². The molecule has 4 heteroatoms. The first-order valence-corrected chi connectivity index (χ1v) is 7.86. The zero-order valence-electron chi connectivity index (χ0n) is 14.4. The third kappa shape index (κ3) is 2.41. The summed E-state index contributed by atoms with van der Waals surface area (Å²) in [7, 11) is 4.36. The first kappa shape index (κ1) is 16.2. The third-order valence-corrected chi connectivity index (χ3v) is 5.55. The first-order chi connectivity index (χ1) is 9.05.